The molecule has 1 aromatic heterocycles. The highest BCUT2D eigenvalue weighted by molar-refractivity contribution is 5.94. The van der Waals surface area contributed by atoms with Crippen molar-refractivity contribution in [2.24, 2.45) is 5.92 Å². The second-order valence-corrected chi connectivity index (χ2v) is 10.7. The molecule has 1 saturated carbocycles. The Morgan fingerprint density at radius 1 is 1.18 bits per heavy atom. The lowest BCUT2D eigenvalue weighted by Crippen LogP contribution is -2.55. The molecule has 6 rings (SSSR count). The van der Waals surface area contributed by atoms with E-state index >= 15 is 0 Å². The third-order valence-corrected chi connectivity index (χ3v) is 8.22. The first-order valence-corrected chi connectivity index (χ1v) is 13.1. The van der Waals surface area contributed by atoms with Gasteiger partial charge in [-0.1, -0.05) is 12.1 Å². The van der Waals surface area contributed by atoms with Crippen LogP contribution >= 0.6 is 0 Å². The van der Waals surface area contributed by atoms with E-state index in [1.807, 2.05) is 0 Å². The first-order chi connectivity index (χ1) is 18.6. The van der Waals surface area contributed by atoms with Gasteiger partial charge in [-0.05, 0) is 49.3 Å². The SMILES string of the molecule is CO[C@@H]1C[C@@H](C(=O)NC23CCC(CC2)Cn2c3nc(C(=O)NCc3ccc(F)cc3)c(O)c2=O)N(C(C)=O)C1. The predicted octanol–water partition coefficient (Wildman–Crippen LogP) is 1.17. The quantitative estimate of drug-likeness (QED) is 0.498. The van der Waals surface area contributed by atoms with Crippen LogP contribution in [-0.4, -0.2) is 63.1 Å². The van der Waals surface area contributed by atoms with Crippen molar-refractivity contribution in [1.29, 1.82) is 0 Å². The second-order valence-electron chi connectivity index (χ2n) is 10.7. The van der Waals surface area contributed by atoms with E-state index in [1.54, 1.807) is 0 Å². The number of ether oxygens (including phenoxy) is 1. The fourth-order valence-corrected chi connectivity index (χ4v) is 6.01. The Hall–Kier alpha value is -3.80. The van der Waals surface area contributed by atoms with Crippen molar-refractivity contribution >= 4 is 17.7 Å². The third-order valence-electron chi connectivity index (χ3n) is 8.22. The van der Waals surface area contributed by atoms with Gasteiger partial charge in [0.25, 0.3) is 11.5 Å². The first kappa shape index (κ1) is 26.8. The third kappa shape index (κ3) is 5.00. The number of carbonyl (C=O) groups excluding carboxylic acids is 3. The standard InChI is InChI=1S/C27H32FN5O6/c1-15(34)32-14-19(39-2)11-20(32)23(36)31-27-9-7-17(8-10-27)13-33-25(38)22(35)21(30-26(27)33)24(37)29-12-16-3-5-18(28)6-4-16/h3-6,17,19-20,35H,7-14H2,1-2H3,(H,29,37)(H,31,36)/t17?,19-,20+,27?/m1/s1. The Morgan fingerprint density at radius 2 is 1.87 bits per heavy atom. The minimum Gasteiger partial charge on any atom is -0.501 e. The highest BCUT2D eigenvalue weighted by atomic mass is 19.1. The van der Waals surface area contributed by atoms with Crippen LogP contribution in [0.2, 0.25) is 0 Å². The number of aromatic nitrogens is 2. The van der Waals surface area contributed by atoms with Crippen molar-refractivity contribution in [1.82, 2.24) is 25.1 Å². The average Bonchev–Trinajstić information content (AvgIpc) is 3.25. The Bertz CT molecular complexity index is 1350. The number of halogens is 1. The summed E-state index contributed by atoms with van der Waals surface area (Å²) in [5.41, 5.74) is -1.60. The zero-order valence-electron chi connectivity index (χ0n) is 21.9. The van der Waals surface area contributed by atoms with Crippen LogP contribution in [0.15, 0.2) is 29.1 Å². The number of fused-ring (bicyclic) bond motifs is 2. The molecule has 2 aromatic rings. The monoisotopic (exact) mass is 541 g/mol. The minimum absolute atomic E-state index is 0.0336. The van der Waals surface area contributed by atoms with Gasteiger partial charge in [0.05, 0.1) is 11.6 Å². The van der Waals surface area contributed by atoms with Gasteiger partial charge in [-0.2, -0.15) is 0 Å². The molecule has 1 saturated heterocycles. The van der Waals surface area contributed by atoms with Gasteiger partial charge in [0.1, 0.15) is 17.7 Å². The van der Waals surface area contributed by atoms with Crippen LogP contribution in [0, 0.1) is 11.7 Å². The van der Waals surface area contributed by atoms with Gasteiger partial charge in [-0.25, -0.2) is 9.37 Å². The molecule has 39 heavy (non-hydrogen) atoms. The number of carbonyl (C=O) groups is 3. The van der Waals surface area contributed by atoms with Crippen LogP contribution in [0.3, 0.4) is 0 Å². The molecule has 208 valence electrons. The number of rotatable bonds is 6. The van der Waals surface area contributed by atoms with Crippen molar-refractivity contribution < 1.29 is 28.6 Å². The van der Waals surface area contributed by atoms with Crippen LogP contribution in [0.5, 0.6) is 5.75 Å². The molecule has 2 bridgehead atoms. The summed E-state index contributed by atoms with van der Waals surface area (Å²) in [5, 5.41) is 16.4. The van der Waals surface area contributed by atoms with Crippen molar-refractivity contribution in [3.05, 3.63) is 57.5 Å². The highest BCUT2D eigenvalue weighted by Crippen LogP contribution is 2.43. The molecule has 2 fully saturated rings. The van der Waals surface area contributed by atoms with Crippen LogP contribution in [0.1, 0.15) is 60.9 Å². The number of aromatic hydroxyl groups is 1. The van der Waals surface area contributed by atoms with Gasteiger partial charge in [0.2, 0.25) is 17.6 Å². The smallest absolute Gasteiger partial charge is 0.296 e. The minimum atomic E-state index is -1.05. The molecular formula is C27H32FN5O6. The van der Waals surface area contributed by atoms with Gasteiger partial charge in [-0.3, -0.25) is 23.7 Å². The molecule has 0 unspecified atom stereocenters. The lowest BCUT2D eigenvalue weighted by molar-refractivity contribution is -0.138. The summed E-state index contributed by atoms with van der Waals surface area (Å²) in [7, 11) is 1.54. The fraction of sp³-hybridized carbons (Fsp3) is 0.519. The lowest BCUT2D eigenvalue weighted by Gasteiger charge is -2.38. The molecule has 12 heteroatoms. The van der Waals surface area contributed by atoms with Gasteiger partial charge in [0.15, 0.2) is 5.69 Å². The maximum absolute atomic E-state index is 13.6. The molecule has 1 aromatic carbocycles. The molecular weight excluding hydrogens is 509 g/mol. The second kappa shape index (κ2) is 10.4. The van der Waals surface area contributed by atoms with Crippen LogP contribution in [-0.2, 0) is 33.0 Å². The molecule has 4 aliphatic rings. The summed E-state index contributed by atoms with van der Waals surface area (Å²) in [6.07, 6.45) is 2.51. The van der Waals surface area contributed by atoms with Crippen LogP contribution in [0.4, 0.5) is 4.39 Å². The molecule has 3 N–H and O–H groups in total. The van der Waals surface area contributed by atoms with E-state index in [0.717, 1.165) is 12.8 Å². The number of likely N-dealkylation sites (tertiary alicyclic amines) is 1. The molecule has 3 aliphatic heterocycles. The fourth-order valence-electron chi connectivity index (χ4n) is 6.01. The summed E-state index contributed by atoms with van der Waals surface area (Å²) >= 11 is 0. The van der Waals surface area contributed by atoms with Gasteiger partial charge < -0.3 is 25.4 Å². The Morgan fingerprint density at radius 3 is 2.51 bits per heavy atom. The van der Waals surface area contributed by atoms with E-state index in [1.165, 1.54) is 47.8 Å². The Balaban J connectivity index is 1.47. The summed E-state index contributed by atoms with van der Waals surface area (Å²) < 4.78 is 20.0. The first-order valence-electron chi connectivity index (χ1n) is 13.1. The van der Waals surface area contributed by atoms with Gasteiger partial charge in [-0.15, -0.1) is 0 Å². The molecule has 11 nitrogen and oxygen atoms in total. The van der Waals surface area contributed by atoms with Crippen molar-refractivity contribution in [2.75, 3.05) is 13.7 Å². The number of amides is 3. The molecule has 0 spiro atoms. The Labute approximate surface area is 224 Å². The molecule has 3 amide bonds. The normalized spacial score (nSPS) is 25.6. The van der Waals surface area contributed by atoms with Gasteiger partial charge in [0, 0.05) is 40.1 Å². The summed E-state index contributed by atoms with van der Waals surface area (Å²) in [6.45, 7) is 2.06. The van der Waals surface area contributed by atoms with Gasteiger partial charge >= 0.3 is 0 Å². The number of nitrogens with zero attached hydrogens (tertiary/aromatic N) is 3. The number of methoxy groups -OCH3 is 1. The zero-order valence-corrected chi connectivity index (χ0v) is 21.9. The van der Waals surface area contributed by atoms with Crippen molar-refractivity contribution in [3.63, 3.8) is 0 Å². The van der Waals surface area contributed by atoms with Crippen molar-refractivity contribution in [2.45, 2.75) is 69.8 Å². The molecule has 4 heterocycles. The Kier molecular flexibility index (Phi) is 7.15. The average molecular weight is 542 g/mol. The van der Waals surface area contributed by atoms with E-state index in [0.29, 0.717) is 37.9 Å². The van der Waals surface area contributed by atoms with E-state index in [-0.39, 0.29) is 36.2 Å². The summed E-state index contributed by atoms with van der Waals surface area (Å²) in [6, 6.07) is 4.82. The lowest BCUT2D eigenvalue weighted by atomic mass is 9.77. The van der Waals surface area contributed by atoms with E-state index in [4.69, 9.17) is 4.74 Å². The zero-order chi connectivity index (χ0) is 27.9. The molecule has 0 radical (unpaired) electrons. The number of nitrogens with one attached hydrogen (secondary N) is 2. The predicted molar refractivity (Wildman–Crippen MR) is 136 cm³/mol. The maximum atomic E-state index is 13.6. The maximum Gasteiger partial charge on any atom is 0.296 e. The topological polar surface area (TPSA) is 143 Å². The number of hydrogen-bond donors (Lipinski definition) is 3. The summed E-state index contributed by atoms with van der Waals surface area (Å²) in [4.78, 5) is 58.2. The van der Waals surface area contributed by atoms with E-state index < -0.39 is 40.3 Å². The largest absolute Gasteiger partial charge is 0.501 e. The number of benzene rings is 1. The molecule has 2 atom stereocenters. The highest BCUT2D eigenvalue weighted by Gasteiger charge is 2.48. The van der Waals surface area contributed by atoms with E-state index in [9.17, 15) is 28.7 Å². The van der Waals surface area contributed by atoms with Crippen molar-refractivity contribution in [3.8, 4) is 5.75 Å². The van der Waals surface area contributed by atoms with Crippen LogP contribution in [0.25, 0.3) is 0 Å². The summed E-state index contributed by atoms with van der Waals surface area (Å²) in [5.74, 6) is -2.17. The number of hydrogen-bond acceptors (Lipinski definition) is 7. The molecule has 1 aliphatic carbocycles. The van der Waals surface area contributed by atoms with E-state index in [2.05, 4.69) is 15.6 Å². The van der Waals surface area contributed by atoms with Crippen LogP contribution < -0.4 is 16.2 Å².